The summed E-state index contributed by atoms with van der Waals surface area (Å²) < 4.78 is 36.0. The van der Waals surface area contributed by atoms with Crippen molar-refractivity contribution < 1.29 is 18.4 Å². The first-order valence-corrected chi connectivity index (χ1v) is 2.78. The molecule has 0 aromatic carbocycles. The van der Waals surface area contributed by atoms with Crippen LogP contribution in [0.4, 0.5) is 13.2 Å². The number of nitrogens with two attached hydrogens (primary N) is 1. The number of hydrogen-bond acceptors (Lipinski definition) is 2. The highest BCUT2D eigenvalue weighted by Gasteiger charge is 2.50. The molecule has 0 aliphatic heterocycles. The highest BCUT2D eigenvalue weighted by atomic mass is 19.4. The van der Waals surface area contributed by atoms with E-state index in [2.05, 4.69) is 5.16 Å². The average molecular weight is 170 g/mol. The zero-order valence-electron chi connectivity index (χ0n) is 6.11. The summed E-state index contributed by atoms with van der Waals surface area (Å²) in [7, 11) is 0. The summed E-state index contributed by atoms with van der Waals surface area (Å²) in [4.78, 5) is 0. The quantitative estimate of drug-likeness (QED) is 0.270. The van der Waals surface area contributed by atoms with E-state index >= 15 is 0 Å². The van der Waals surface area contributed by atoms with Crippen LogP contribution in [0.15, 0.2) is 5.16 Å². The third-order valence-electron chi connectivity index (χ3n) is 1.46. The fraction of sp³-hybridized carbons (Fsp3) is 0.800. The molecule has 0 aliphatic rings. The summed E-state index contributed by atoms with van der Waals surface area (Å²) in [6.45, 7) is 1.67. The molecule has 0 saturated heterocycles. The Labute approximate surface area is 61.7 Å². The Morgan fingerprint density at radius 1 is 1.36 bits per heavy atom. The normalized spacial score (nSPS) is 15.2. The Morgan fingerprint density at radius 2 is 1.73 bits per heavy atom. The summed E-state index contributed by atoms with van der Waals surface area (Å²) in [5.74, 6) is -0.843. The van der Waals surface area contributed by atoms with Gasteiger partial charge in [-0.1, -0.05) is 5.16 Å². The Balaban J connectivity index is 4.74. The van der Waals surface area contributed by atoms with Crippen LogP contribution in [0.5, 0.6) is 0 Å². The number of hydrogen-bond donors (Lipinski definition) is 2. The van der Waals surface area contributed by atoms with Crippen LogP contribution in [-0.2, 0) is 0 Å². The fourth-order valence-electron chi connectivity index (χ4n) is 0.270. The molecule has 0 amide bonds. The predicted molar refractivity (Wildman–Crippen MR) is 33.2 cm³/mol. The minimum atomic E-state index is -4.50. The van der Waals surface area contributed by atoms with Crippen molar-refractivity contribution in [1.29, 1.82) is 0 Å². The second-order valence-electron chi connectivity index (χ2n) is 2.61. The smallest absolute Gasteiger partial charge is 0.401 e. The zero-order chi connectivity index (χ0) is 9.28. The van der Waals surface area contributed by atoms with E-state index in [1.54, 1.807) is 0 Å². The molecular weight excluding hydrogens is 161 g/mol. The van der Waals surface area contributed by atoms with Gasteiger partial charge in [-0.3, -0.25) is 0 Å². The molecule has 0 fully saturated rings. The van der Waals surface area contributed by atoms with Crippen molar-refractivity contribution >= 4 is 5.84 Å². The molecule has 0 saturated carbocycles. The second kappa shape index (κ2) is 2.60. The van der Waals surface area contributed by atoms with E-state index < -0.39 is 17.4 Å². The lowest BCUT2D eigenvalue weighted by Crippen LogP contribution is -2.44. The van der Waals surface area contributed by atoms with Crippen molar-refractivity contribution in [2.75, 3.05) is 0 Å². The van der Waals surface area contributed by atoms with Gasteiger partial charge in [0.2, 0.25) is 0 Å². The lowest BCUT2D eigenvalue weighted by atomic mass is 9.91. The van der Waals surface area contributed by atoms with Gasteiger partial charge in [0.05, 0.1) is 0 Å². The number of nitrogens with zero attached hydrogens (tertiary/aromatic N) is 1. The Bertz CT molecular complexity index is 173. The van der Waals surface area contributed by atoms with Crippen LogP contribution >= 0.6 is 0 Å². The zero-order valence-corrected chi connectivity index (χ0v) is 6.11. The second-order valence-corrected chi connectivity index (χ2v) is 2.61. The molecule has 0 radical (unpaired) electrons. The number of alkyl halides is 3. The summed E-state index contributed by atoms with van der Waals surface area (Å²) in [6.07, 6.45) is -4.50. The van der Waals surface area contributed by atoms with Crippen LogP contribution in [0, 0.1) is 5.41 Å². The molecule has 0 unspecified atom stereocenters. The number of oxime groups is 1. The molecule has 0 bridgehead atoms. The van der Waals surface area contributed by atoms with Gasteiger partial charge in [0.1, 0.15) is 5.41 Å². The Morgan fingerprint density at radius 3 is 1.82 bits per heavy atom. The summed E-state index contributed by atoms with van der Waals surface area (Å²) in [6, 6.07) is 0. The van der Waals surface area contributed by atoms with E-state index in [-0.39, 0.29) is 0 Å². The van der Waals surface area contributed by atoms with Crippen LogP contribution in [0.2, 0.25) is 0 Å². The van der Waals surface area contributed by atoms with Crippen LogP contribution in [0.25, 0.3) is 0 Å². The molecule has 3 N–H and O–H groups in total. The van der Waals surface area contributed by atoms with E-state index in [0.29, 0.717) is 0 Å². The number of halogens is 3. The predicted octanol–water partition coefficient (Wildman–Crippen LogP) is 1.32. The molecule has 0 atom stereocenters. The van der Waals surface area contributed by atoms with E-state index in [9.17, 15) is 13.2 Å². The average Bonchev–Trinajstić information content (AvgIpc) is 1.83. The van der Waals surface area contributed by atoms with Gasteiger partial charge in [-0.15, -0.1) is 0 Å². The van der Waals surface area contributed by atoms with Gasteiger partial charge in [-0.05, 0) is 13.8 Å². The molecule has 0 aromatic heterocycles. The van der Waals surface area contributed by atoms with E-state index in [4.69, 9.17) is 10.9 Å². The van der Waals surface area contributed by atoms with Crippen molar-refractivity contribution in [1.82, 2.24) is 0 Å². The van der Waals surface area contributed by atoms with Crippen LogP contribution in [0.3, 0.4) is 0 Å². The maximum atomic E-state index is 12.0. The first-order valence-electron chi connectivity index (χ1n) is 2.78. The Kier molecular flexibility index (Phi) is 2.37. The molecule has 6 heteroatoms. The Hall–Kier alpha value is -0.940. The monoisotopic (exact) mass is 170 g/mol. The van der Waals surface area contributed by atoms with Crippen molar-refractivity contribution in [2.24, 2.45) is 16.3 Å². The molecule has 66 valence electrons. The van der Waals surface area contributed by atoms with Crippen LogP contribution < -0.4 is 5.73 Å². The van der Waals surface area contributed by atoms with E-state index in [0.717, 1.165) is 13.8 Å². The molecule has 11 heavy (non-hydrogen) atoms. The number of rotatable bonds is 1. The third kappa shape index (κ3) is 1.75. The van der Waals surface area contributed by atoms with Gasteiger partial charge in [-0.25, -0.2) is 0 Å². The maximum Gasteiger partial charge on any atom is 0.401 e. The topological polar surface area (TPSA) is 58.6 Å². The van der Waals surface area contributed by atoms with Gasteiger partial charge in [0, 0.05) is 0 Å². The van der Waals surface area contributed by atoms with Crippen molar-refractivity contribution in [3.05, 3.63) is 0 Å². The number of amidine groups is 1. The summed E-state index contributed by atoms with van der Waals surface area (Å²) in [5, 5.41) is 10.3. The highest BCUT2D eigenvalue weighted by molar-refractivity contribution is 5.86. The largest absolute Gasteiger partial charge is 0.409 e. The minimum Gasteiger partial charge on any atom is -0.409 e. The summed E-state index contributed by atoms with van der Waals surface area (Å²) in [5.41, 5.74) is 2.54. The van der Waals surface area contributed by atoms with Gasteiger partial charge in [0.25, 0.3) is 0 Å². The van der Waals surface area contributed by atoms with Crippen molar-refractivity contribution in [3.63, 3.8) is 0 Å². The first-order chi connectivity index (χ1) is 4.73. The van der Waals surface area contributed by atoms with Crippen LogP contribution in [0.1, 0.15) is 13.8 Å². The molecule has 0 spiro atoms. The first kappa shape index (κ1) is 10.1. The maximum absolute atomic E-state index is 12.0. The molecule has 0 aliphatic carbocycles. The standard InChI is InChI=1S/C5H9F3N2O/c1-4(2,3(9)10-11)5(6,7)8/h11H,1-2H3,(H2,9,10). The fourth-order valence-corrected chi connectivity index (χ4v) is 0.270. The minimum absolute atomic E-state index is 0.835. The molecule has 0 aromatic rings. The lowest BCUT2D eigenvalue weighted by Gasteiger charge is -2.25. The molecule has 3 nitrogen and oxygen atoms in total. The molecular formula is C5H9F3N2O. The van der Waals surface area contributed by atoms with Gasteiger partial charge >= 0.3 is 6.18 Å². The lowest BCUT2D eigenvalue weighted by molar-refractivity contribution is -0.186. The third-order valence-corrected chi connectivity index (χ3v) is 1.46. The van der Waals surface area contributed by atoms with Gasteiger partial charge < -0.3 is 10.9 Å². The van der Waals surface area contributed by atoms with E-state index in [1.165, 1.54) is 0 Å². The van der Waals surface area contributed by atoms with Gasteiger partial charge in [-0.2, -0.15) is 13.2 Å². The van der Waals surface area contributed by atoms with Crippen molar-refractivity contribution in [2.45, 2.75) is 20.0 Å². The SMILES string of the molecule is CC(C)(/C(N)=N/O)C(F)(F)F. The van der Waals surface area contributed by atoms with Crippen molar-refractivity contribution in [3.8, 4) is 0 Å². The summed E-state index contributed by atoms with van der Waals surface area (Å²) >= 11 is 0. The molecule has 0 heterocycles. The highest BCUT2D eigenvalue weighted by Crippen LogP contribution is 2.37. The van der Waals surface area contributed by atoms with Crippen LogP contribution in [-0.4, -0.2) is 17.2 Å². The van der Waals surface area contributed by atoms with Gasteiger partial charge in [0.15, 0.2) is 5.84 Å². The molecule has 0 rings (SSSR count). The van der Waals surface area contributed by atoms with E-state index in [1.807, 2.05) is 0 Å².